The Kier molecular flexibility index (Phi) is 2.50. The molecule has 1 aromatic rings. The average Bonchev–Trinajstić information content (AvgIpc) is 2.47. The van der Waals surface area contributed by atoms with Gasteiger partial charge in [0.2, 0.25) is 0 Å². The lowest BCUT2D eigenvalue weighted by Gasteiger charge is -2.11. The Morgan fingerprint density at radius 2 is 2.07 bits per heavy atom. The lowest BCUT2D eigenvalue weighted by Crippen LogP contribution is -2.27. The number of esters is 1. The normalized spacial score (nSPS) is 26.2. The molecule has 1 aliphatic heterocycles. The molecule has 2 rings (SSSR count). The smallest absolute Gasteiger partial charge is 0.307 e. The van der Waals surface area contributed by atoms with Crippen molar-refractivity contribution in [1.82, 2.24) is 0 Å². The number of carbonyl (C=O) groups is 1. The summed E-state index contributed by atoms with van der Waals surface area (Å²) in [5, 5.41) is 0. The highest BCUT2D eigenvalue weighted by Crippen LogP contribution is 2.22. The molecule has 0 aliphatic carbocycles. The molecular formula is C11H13NO2. The number of hydrogen-bond donors (Lipinski definition) is 1. The van der Waals surface area contributed by atoms with Crippen molar-refractivity contribution >= 4 is 5.97 Å². The third-order valence-electron chi connectivity index (χ3n) is 2.50. The van der Waals surface area contributed by atoms with Gasteiger partial charge in [-0.15, -0.1) is 0 Å². The molecule has 0 radical (unpaired) electrons. The number of carbonyl (C=O) groups excluding carboxylic acids is 1. The van der Waals surface area contributed by atoms with Crippen molar-refractivity contribution in [3.63, 3.8) is 0 Å². The number of cyclic esters (lactones) is 1. The van der Waals surface area contributed by atoms with Crippen LogP contribution in [0.1, 0.15) is 12.0 Å². The molecule has 74 valence electrons. The van der Waals surface area contributed by atoms with Gasteiger partial charge in [0, 0.05) is 5.92 Å². The van der Waals surface area contributed by atoms with Crippen molar-refractivity contribution in [1.29, 1.82) is 0 Å². The highest BCUT2D eigenvalue weighted by molar-refractivity contribution is 5.72. The van der Waals surface area contributed by atoms with Gasteiger partial charge in [-0.25, -0.2) is 0 Å². The second-order valence-electron chi connectivity index (χ2n) is 3.61. The molecule has 1 aliphatic rings. The number of ether oxygens (including phenoxy) is 1. The van der Waals surface area contributed by atoms with Crippen molar-refractivity contribution in [3.8, 4) is 0 Å². The van der Waals surface area contributed by atoms with E-state index in [4.69, 9.17) is 10.5 Å². The number of rotatable bonds is 2. The predicted molar refractivity (Wildman–Crippen MR) is 52.3 cm³/mol. The Morgan fingerprint density at radius 3 is 2.64 bits per heavy atom. The van der Waals surface area contributed by atoms with Crippen LogP contribution in [0.4, 0.5) is 0 Å². The molecule has 0 spiro atoms. The van der Waals surface area contributed by atoms with Gasteiger partial charge in [-0.1, -0.05) is 30.3 Å². The van der Waals surface area contributed by atoms with Crippen LogP contribution in [0.3, 0.4) is 0 Å². The third kappa shape index (κ3) is 1.93. The van der Waals surface area contributed by atoms with Crippen LogP contribution in [0.5, 0.6) is 0 Å². The zero-order valence-electron chi connectivity index (χ0n) is 7.85. The minimum absolute atomic E-state index is 0.130. The second kappa shape index (κ2) is 3.80. The maximum Gasteiger partial charge on any atom is 0.307 e. The van der Waals surface area contributed by atoms with Crippen LogP contribution in [-0.2, 0) is 16.0 Å². The van der Waals surface area contributed by atoms with E-state index < -0.39 is 6.23 Å². The molecule has 3 nitrogen and oxygen atoms in total. The summed E-state index contributed by atoms with van der Waals surface area (Å²) in [6.45, 7) is 0. The van der Waals surface area contributed by atoms with Gasteiger partial charge in [-0.2, -0.15) is 0 Å². The molecule has 0 saturated carbocycles. The molecule has 14 heavy (non-hydrogen) atoms. The van der Waals surface area contributed by atoms with Gasteiger partial charge in [-0.3, -0.25) is 10.5 Å². The van der Waals surface area contributed by atoms with E-state index in [1.807, 2.05) is 30.3 Å². The van der Waals surface area contributed by atoms with Crippen LogP contribution < -0.4 is 5.73 Å². The molecule has 0 amide bonds. The Bertz CT molecular complexity index is 323. The van der Waals surface area contributed by atoms with Gasteiger partial charge < -0.3 is 4.74 Å². The molecule has 1 saturated heterocycles. The molecule has 0 aromatic heterocycles. The Morgan fingerprint density at radius 1 is 1.36 bits per heavy atom. The Balaban J connectivity index is 2.02. The van der Waals surface area contributed by atoms with E-state index in [1.165, 1.54) is 5.56 Å². The van der Waals surface area contributed by atoms with Crippen molar-refractivity contribution in [2.75, 3.05) is 0 Å². The van der Waals surface area contributed by atoms with Crippen LogP contribution in [0.2, 0.25) is 0 Å². The minimum atomic E-state index is -0.428. The van der Waals surface area contributed by atoms with Crippen LogP contribution in [-0.4, -0.2) is 12.2 Å². The molecule has 0 bridgehead atoms. The van der Waals surface area contributed by atoms with E-state index in [9.17, 15) is 4.79 Å². The minimum Gasteiger partial charge on any atom is -0.446 e. The standard InChI is InChI=1S/C11H13NO2/c12-11-9(7-10(13)14-11)6-8-4-2-1-3-5-8/h1-5,9,11H,6-7,12H2/t9?,11-/m1/s1. The van der Waals surface area contributed by atoms with Crippen molar-refractivity contribution < 1.29 is 9.53 Å². The van der Waals surface area contributed by atoms with Gasteiger partial charge in [0.25, 0.3) is 0 Å². The maximum atomic E-state index is 11.0. The summed E-state index contributed by atoms with van der Waals surface area (Å²) in [5.41, 5.74) is 6.87. The van der Waals surface area contributed by atoms with Crippen LogP contribution in [0.25, 0.3) is 0 Å². The fourth-order valence-corrected chi connectivity index (χ4v) is 1.73. The molecule has 3 heteroatoms. The van der Waals surface area contributed by atoms with E-state index >= 15 is 0 Å². The molecular weight excluding hydrogens is 178 g/mol. The number of benzene rings is 1. The topological polar surface area (TPSA) is 52.3 Å². The van der Waals surface area contributed by atoms with Gasteiger partial charge in [0.1, 0.15) is 0 Å². The first kappa shape index (κ1) is 9.21. The van der Waals surface area contributed by atoms with Crippen molar-refractivity contribution in [2.45, 2.75) is 19.1 Å². The monoisotopic (exact) mass is 191 g/mol. The zero-order valence-corrected chi connectivity index (χ0v) is 7.85. The van der Waals surface area contributed by atoms with Crippen molar-refractivity contribution in [2.24, 2.45) is 11.7 Å². The summed E-state index contributed by atoms with van der Waals surface area (Å²) in [6, 6.07) is 10.0. The Labute approximate surface area is 82.9 Å². The summed E-state index contributed by atoms with van der Waals surface area (Å²) in [5.74, 6) is -0.0525. The number of nitrogens with two attached hydrogens (primary N) is 1. The van der Waals surface area contributed by atoms with Crippen LogP contribution in [0.15, 0.2) is 30.3 Å². The molecule has 2 N–H and O–H groups in total. The van der Waals surface area contributed by atoms with Gasteiger partial charge >= 0.3 is 5.97 Å². The summed E-state index contributed by atoms with van der Waals surface area (Å²) in [6.07, 6.45) is 0.826. The van der Waals surface area contributed by atoms with E-state index in [2.05, 4.69) is 0 Å². The fraction of sp³-hybridized carbons (Fsp3) is 0.364. The van der Waals surface area contributed by atoms with Gasteiger partial charge in [0.05, 0.1) is 6.42 Å². The van der Waals surface area contributed by atoms with Gasteiger partial charge in [0.15, 0.2) is 6.23 Å². The summed E-state index contributed by atoms with van der Waals surface area (Å²) >= 11 is 0. The molecule has 1 aromatic carbocycles. The maximum absolute atomic E-state index is 11.0. The summed E-state index contributed by atoms with van der Waals surface area (Å²) in [7, 11) is 0. The van der Waals surface area contributed by atoms with Crippen LogP contribution >= 0.6 is 0 Å². The average molecular weight is 191 g/mol. The third-order valence-corrected chi connectivity index (χ3v) is 2.50. The lowest BCUT2D eigenvalue weighted by molar-refractivity contribution is -0.141. The first-order valence-corrected chi connectivity index (χ1v) is 4.74. The van der Waals surface area contributed by atoms with E-state index in [-0.39, 0.29) is 11.9 Å². The van der Waals surface area contributed by atoms with E-state index in [1.54, 1.807) is 0 Å². The fourth-order valence-electron chi connectivity index (χ4n) is 1.73. The molecule has 1 fully saturated rings. The Hall–Kier alpha value is -1.35. The largest absolute Gasteiger partial charge is 0.446 e. The zero-order chi connectivity index (χ0) is 9.97. The SMILES string of the molecule is N[C@@H]1OC(=O)CC1Cc1ccccc1. The highest BCUT2D eigenvalue weighted by atomic mass is 16.6. The molecule has 2 atom stereocenters. The second-order valence-corrected chi connectivity index (χ2v) is 3.61. The predicted octanol–water partition coefficient (Wildman–Crippen LogP) is 1.08. The first-order chi connectivity index (χ1) is 6.75. The van der Waals surface area contributed by atoms with Crippen molar-refractivity contribution in [3.05, 3.63) is 35.9 Å². The highest BCUT2D eigenvalue weighted by Gasteiger charge is 2.31. The molecule has 1 unspecified atom stereocenters. The van der Waals surface area contributed by atoms with E-state index in [0.29, 0.717) is 6.42 Å². The first-order valence-electron chi connectivity index (χ1n) is 4.74. The quantitative estimate of drug-likeness (QED) is 0.711. The van der Waals surface area contributed by atoms with Gasteiger partial charge in [-0.05, 0) is 12.0 Å². The molecule has 1 heterocycles. The summed E-state index contributed by atoms with van der Waals surface area (Å²) in [4.78, 5) is 11.0. The van der Waals surface area contributed by atoms with Crippen LogP contribution in [0, 0.1) is 5.92 Å². The lowest BCUT2D eigenvalue weighted by atomic mass is 9.97. The van der Waals surface area contributed by atoms with E-state index in [0.717, 1.165) is 6.42 Å². The number of hydrogen-bond acceptors (Lipinski definition) is 3. The summed E-state index contributed by atoms with van der Waals surface area (Å²) < 4.78 is 4.88.